The van der Waals surface area contributed by atoms with Crippen molar-refractivity contribution in [2.24, 2.45) is 5.92 Å². The van der Waals surface area contributed by atoms with Gasteiger partial charge >= 0.3 is 0 Å². The number of rotatable bonds is 8. The highest BCUT2D eigenvalue weighted by Gasteiger charge is 2.20. The molecule has 0 saturated heterocycles. The molecule has 8 heteroatoms. The summed E-state index contributed by atoms with van der Waals surface area (Å²) in [7, 11) is -4.09. The maximum absolute atomic E-state index is 13.5. The zero-order chi connectivity index (χ0) is 16.0. The van der Waals surface area contributed by atoms with E-state index in [2.05, 4.69) is 4.72 Å². The van der Waals surface area contributed by atoms with E-state index >= 15 is 0 Å². The number of nitrogens with one attached hydrogen (secondary N) is 1. The standard InChI is InChI=1S/C13H20F2N2O3S/c1-9(2)3-5-20-6-4-17-21(18,19)13-8-12(16)10(14)7-11(13)15/h7-9,17H,3-6,16H2,1-2H3. The van der Waals surface area contributed by atoms with Crippen LogP contribution in [0.15, 0.2) is 17.0 Å². The Balaban J connectivity index is 2.56. The van der Waals surface area contributed by atoms with Crippen LogP contribution in [-0.4, -0.2) is 28.2 Å². The third-order valence-electron chi connectivity index (χ3n) is 2.72. The molecule has 0 aliphatic heterocycles. The molecule has 0 amide bonds. The van der Waals surface area contributed by atoms with Crippen molar-refractivity contribution in [1.82, 2.24) is 4.72 Å². The zero-order valence-corrected chi connectivity index (χ0v) is 12.8. The average molecular weight is 322 g/mol. The number of hydrogen-bond donors (Lipinski definition) is 2. The summed E-state index contributed by atoms with van der Waals surface area (Å²) in [4.78, 5) is -0.677. The molecule has 0 unspecified atom stereocenters. The van der Waals surface area contributed by atoms with E-state index in [9.17, 15) is 17.2 Å². The highest BCUT2D eigenvalue weighted by Crippen LogP contribution is 2.20. The Kier molecular flexibility index (Phi) is 6.50. The second-order valence-corrected chi connectivity index (χ2v) is 6.73. The average Bonchev–Trinajstić information content (AvgIpc) is 2.37. The third kappa shape index (κ3) is 5.56. The minimum atomic E-state index is -4.09. The highest BCUT2D eigenvalue weighted by molar-refractivity contribution is 7.89. The van der Waals surface area contributed by atoms with Crippen molar-refractivity contribution in [2.75, 3.05) is 25.5 Å². The van der Waals surface area contributed by atoms with E-state index in [1.54, 1.807) is 0 Å². The number of nitrogens with two attached hydrogens (primary N) is 1. The monoisotopic (exact) mass is 322 g/mol. The predicted molar refractivity (Wildman–Crippen MR) is 76.2 cm³/mol. The fourth-order valence-corrected chi connectivity index (χ4v) is 2.60. The van der Waals surface area contributed by atoms with Crippen molar-refractivity contribution >= 4 is 15.7 Å². The number of anilines is 1. The van der Waals surface area contributed by atoms with Crippen molar-refractivity contribution in [2.45, 2.75) is 25.2 Å². The van der Waals surface area contributed by atoms with Crippen LogP contribution in [0.4, 0.5) is 14.5 Å². The van der Waals surface area contributed by atoms with E-state index in [1.165, 1.54) is 0 Å². The van der Waals surface area contributed by atoms with Crippen LogP contribution in [0.2, 0.25) is 0 Å². The van der Waals surface area contributed by atoms with Crippen molar-refractivity contribution in [1.29, 1.82) is 0 Å². The first-order chi connectivity index (χ1) is 9.74. The summed E-state index contributed by atoms with van der Waals surface area (Å²) in [6, 6.07) is 1.20. The van der Waals surface area contributed by atoms with E-state index in [0.29, 0.717) is 18.6 Å². The fourth-order valence-electron chi connectivity index (χ4n) is 1.50. The van der Waals surface area contributed by atoms with Gasteiger partial charge in [-0.25, -0.2) is 21.9 Å². The molecule has 0 spiro atoms. The van der Waals surface area contributed by atoms with Gasteiger partial charge in [-0.2, -0.15) is 0 Å². The molecule has 0 radical (unpaired) electrons. The third-order valence-corrected chi connectivity index (χ3v) is 4.19. The van der Waals surface area contributed by atoms with E-state index in [4.69, 9.17) is 10.5 Å². The minimum Gasteiger partial charge on any atom is -0.396 e. The zero-order valence-electron chi connectivity index (χ0n) is 12.0. The molecule has 0 fully saturated rings. The number of ether oxygens (including phenoxy) is 1. The largest absolute Gasteiger partial charge is 0.396 e. The molecule has 1 aromatic rings. The minimum absolute atomic E-state index is 0.00283. The number of nitrogen functional groups attached to an aromatic ring is 1. The first-order valence-corrected chi connectivity index (χ1v) is 8.04. The van der Waals surface area contributed by atoms with Crippen LogP contribution in [-0.2, 0) is 14.8 Å². The number of sulfonamides is 1. The van der Waals surface area contributed by atoms with Crippen LogP contribution in [0.25, 0.3) is 0 Å². The molecule has 0 aliphatic carbocycles. The second kappa shape index (κ2) is 7.67. The molecule has 0 saturated carbocycles. The van der Waals surface area contributed by atoms with Crippen LogP contribution >= 0.6 is 0 Å². The molecule has 120 valence electrons. The Bertz CT molecular complexity index is 577. The maximum atomic E-state index is 13.5. The van der Waals surface area contributed by atoms with Crippen LogP contribution in [0, 0.1) is 17.6 Å². The summed E-state index contributed by atoms with van der Waals surface area (Å²) in [5.41, 5.74) is 4.82. The van der Waals surface area contributed by atoms with Gasteiger partial charge in [0.05, 0.1) is 12.3 Å². The molecule has 0 bridgehead atoms. The molecule has 0 aliphatic rings. The first-order valence-electron chi connectivity index (χ1n) is 6.56. The molecular weight excluding hydrogens is 302 g/mol. The summed E-state index contributed by atoms with van der Waals surface area (Å²) in [5.74, 6) is -1.68. The van der Waals surface area contributed by atoms with E-state index in [0.717, 1.165) is 12.5 Å². The first kappa shape index (κ1) is 17.8. The Morgan fingerprint density at radius 1 is 1.24 bits per heavy atom. The lowest BCUT2D eigenvalue weighted by Crippen LogP contribution is -2.28. The molecular formula is C13H20F2N2O3S. The van der Waals surface area contributed by atoms with Gasteiger partial charge in [0.15, 0.2) is 0 Å². The van der Waals surface area contributed by atoms with Crippen LogP contribution < -0.4 is 10.5 Å². The summed E-state index contributed by atoms with van der Waals surface area (Å²) < 4.78 is 57.7. The van der Waals surface area contributed by atoms with E-state index < -0.39 is 32.2 Å². The Morgan fingerprint density at radius 3 is 2.52 bits per heavy atom. The molecule has 0 heterocycles. The SMILES string of the molecule is CC(C)CCOCCNS(=O)(=O)c1cc(N)c(F)cc1F. The second-order valence-electron chi connectivity index (χ2n) is 5.00. The summed E-state index contributed by atoms with van der Waals surface area (Å²) >= 11 is 0. The summed E-state index contributed by atoms with van der Waals surface area (Å²) in [6.07, 6.45) is 0.871. The van der Waals surface area contributed by atoms with Gasteiger partial charge < -0.3 is 10.5 Å². The van der Waals surface area contributed by atoms with Gasteiger partial charge in [0.1, 0.15) is 16.5 Å². The van der Waals surface area contributed by atoms with Crippen molar-refractivity contribution < 1.29 is 21.9 Å². The Labute approximate surface area is 123 Å². The van der Waals surface area contributed by atoms with Gasteiger partial charge in [0.2, 0.25) is 10.0 Å². The lowest BCUT2D eigenvalue weighted by molar-refractivity contribution is 0.128. The van der Waals surface area contributed by atoms with Gasteiger partial charge in [-0.15, -0.1) is 0 Å². The van der Waals surface area contributed by atoms with Gasteiger partial charge in [0.25, 0.3) is 0 Å². The summed E-state index contributed by atoms with van der Waals surface area (Å²) in [5, 5.41) is 0. The Hall–Kier alpha value is -1.25. The normalized spacial score (nSPS) is 12.0. The van der Waals surface area contributed by atoms with Crippen LogP contribution in [0.1, 0.15) is 20.3 Å². The molecule has 3 N–H and O–H groups in total. The van der Waals surface area contributed by atoms with Crippen LogP contribution in [0.3, 0.4) is 0 Å². The number of hydrogen-bond acceptors (Lipinski definition) is 4. The van der Waals surface area contributed by atoms with Gasteiger partial charge in [-0.05, 0) is 18.4 Å². The summed E-state index contributed by atoms with van der Waals surface area (Å²) in [6.45, 7) is 4.79. The number of benzene rings is 1. The maximum Gasteiger partial charge on any atom is 0.243 e. The van der Waals surface area contributed by atoms with E-state index in [-0.39, 0.29) is 13.2 Å². The Morgan fingerprint density at radius 2 is 1.90 bits per heavy atom. The molecule has 5 nitrogen and oxygen atoms in total. The van der Waals surface area contributed by atoms with Gasteiger partial charge in [-0.1, -0.05) is 13.8 Å². The topological polar surface area (TPSA) is 81.4 Å². The molecule has 0 atom stereocenters. The van der Waals surface area contributed by atoms with E-state index in [1.807, 2.05) is 13.8 Å². The highest BCUT2D eigenvalue weighted by atomic mass is 32.2. The quantitative estimate of drug-likeness (QED) is 0.566. The molecule has 21 heavy (non-hydrogen) atoms. The van der Waals surface area contributed by atoms with Crippen molar-refractivity contribution in [3.05, 3.63) is 23.8 Å². The lowest BCUT2D eigenvalue weighted by Gasteiger charge is -2.10. The molecule has 1 rings (SSSR count). The van der Waals surface area contributed by atoms with Crippen LogP contribution in [0.5, 0.6) is 0 Å². The number of halogens is 2. The predicted octanol–water partition coefficient (Wildman–Crippen LogP) is 1.89. The molecule has 0 aromatic heterocycles. The van der Waals surface area contributed by atoms with Crippen molar-refractivity contribution in [3.8, 4) is 0 Å². The fraction of sp³-hybridized carbons (Fsp3) is 0.538. The van der Waals surface area contributed by atoms with Gasteiger partial charge in [-0.3, -0.25) is 0 Å². The lowest BCUT2D eigenvalue weighted by atomic mass is 10.1. The van der Waals surface area contributed by atoms with Crippen molar-refractivity contribution in [3.63, 3.8) is 0 Å². The smallest absolute Gasteiger partial charge is 0.243 e. The van der Waals surface area contributed by atoms with Gasteiger partial charge in [0, 0.05) is 19.2 Å². The molecule has 1 aromatic carbocycles.